The summed E-state index contributed by atoms with van der Waals surface area (Å²) in [4.78, 5) is 52.6. The number of aliphatic imine (C=N–C) groups is 1. The van der Waals surface area contributed by atoms with Gasteiger partial charge in [0, 0.05) is 6.54 Å². The zero-order chi connectivity index (χ0) is 25.7. The van der Waals surface area contributed by atoms with Gasteiger partial charge in [-0.05, 0) is 25.7 Å². The summed E-state index contributed by atoms with van der Waals surface area (Å²) in [6.07, 6.45) is -0.259. The fourth-order valence-corrected chi connectivity index (χ4v) is 2.71. The largest absolute Gasteiger partial charge is 0.480 e. The van der Waals surface area contributed by atoms with Crippen LogP contribution in [0.15, 0.2) is 4.99 Å². The van der Waals surface area contributed by atoms with Crippen LogP contribution in [0.5, 0.6) is 0 Å². The molecule has 0 fully saturated rings. The van der Waals surface area contributed by atoms with E-state index in [0.29, 0.717) is 12.8 Å². The van der Waals surface area contributed by atoms with Gasteiger partial charge in [-0.3, -0.25) is 19.4 Å². The normalized spacial score (nSPS) is 16.3. The Morgan fingerprint density at radius 2 is 1.52 bits per heavy atom. The maximum atomic E-state index is 12.8. The van der Waals surface area contributed by atoms with Crippen LogP contribution in [-0.4, -0.2) is 88.4 Å². The van der Waals surface area contributed by atoms with Gasteiger partial charge in [0.25, 0.3) is 0 Å². The molecule has 33 heavy (non-hydrogen) atoms. The SMILES string of the molecule is CCC(C)C(NC(=O)C(NC(=O)C(N)CCCN=C(N)N)C(C)O)C(=O)NC(CO)C(=O)O. The summed E-state index contributed by atoms with van der Waals surface area (Å²) in [5, 5.41) is 35.1. The predicted molar refractivity (Wildman–Crippen MR) is 120 cm³/mol. The molecule has 0 radical (unpaired) electrons. The lowest BCUT2D eigenvalue weighted by Crippen LogP contribution is -2.61. The summed E-state index contributed by atoms with van der Waals surface area (Å²) < 4.78 is 0. The van der Waals surface area contributed by atoms with Crippen LogP contribution in [0.1, 0.15) is 40.0 Å². The smallest absolute Gasteiger partial charge is 0.328 e. The van der Waals surface area contributed by atoms with E-state index < -0.39 is 66.5 Å². The van der Waals surface area contributed by atoms with Gasteiger partial charge < -0.3 is 48.5 Å². The molecule has 6 atom stereocenters. The number of nitrogens with zero attached hydrogens (tertiary/aromatic N) is 1. The number of aliphatic hydroxyl groups excluding tert-OH is 2. The van der Waals surface area contributed by atoms with E-state index in [1.54, 1.807) is 13.8 Å². The molecule has 0 spiro atoms. The molecule has 0 aromatic rings. The Bertz CT molecular complexity index is 698. The minimum Gasteiger partial charge on any atom is -0.480 e. The Kier molecular flexibility index (Phi) is 13.6. The zero-order valence-electron chi connectivity index (χ0n) is 19.2. The first kappa shape index (κ1) is 30.0. The first-order chi connectivity index (χ1) is 15.3. The van der Waals surface area contributed by atoms with E-state index in [1.807, 2.05) is 0 Å². The van der Waals surface area contributed by atoms with Crippen molar-refractivity contribution in [1.29, 1.82) is 0 Å². The van der Waals surface area contributed by atoms with E-state index in [1.165, 1.54) is 6.92 Å². The second-order valence-corrected chi connectivity index (χ2v) is 7.74. The van der Waals surface area contributed by atoms with Crippen LogP contribution in [0, 0.1) is 5.92 Å². The summed E-state index contributed by atoms with van der Waals surface area (Å²) in [7, 11) is 0. The van der Waals surface area contributed by atoms with E-state index in [4.69, 9.17) is 27.4 Å². The summed E-state index contributed by atoms with van der Waals surface area (Å²) >= 11 is 0. The van der Waals surface area contributed by atoms with E-state index in [-0.39, 0.29) is 18.9 Å². The summed E-state index contributed by atoms with van der Waals surface area (Å²) in [5.74, 6) is -4.34. The molecule has 190 valence electrons. The number of rotatable bonds is 15. The van der Waals surface area contributed by atoms with Crippen molar-refractivity contribution in [1.82, 2.24) is 16.0 Å². The molecule has 0 saturated heterocycles. The molecule has 14 nitrogen and oxygen atoms in total. The fourth-order valence-electron chi connectivity index (χ4n) is 2.71. The Labute approximate surface area is 192 Å². The van der Waals surface area contributed by atoms with E-state index in [2.05, 4.69) is 20.9 Å². The second-order valence-electron chi connectivity index (χ2n) is 7.74. The third-order valence-corrected chi connectivity index (χ3v) is 4.96. The van der Waals surface area contributed by atoms with Crippen molar-refractivity contribution in [3.8, 4) is 0 Å². The van der Waals surface area contributed by atoms with Gasteiger partial charge in [-0.1, -0.05) is 20.3 Å². The van der Waals surface area contributed by atoms with Gasteiger partial charge in [-0.25, -0.2) is 4.79 Å². The number of guanidine groups is 1. The highest BCUT2D eigenvalue weighted by Gasteiger charge is 2.34. The van der Waals surface area contributed by atoms with Crippen molar-refractivity contribution in [3.05, 3.63) is 0 Å². The Hall–Kier alpha value is -2.97. The third-order valence-electron chi connectivity index (χ3n) is 4.96. The van der Waals surface area contributed by atoms with E-state index in [0.717, 1.165) is 0 Å². The van der Waals surface area contributed by atoms with Gasteiger partial charge in [-0.15, -0.1) is 0 Å². The first-order valence-electron chi connectivity index (χ1n) is 10.6. The molecule has 12 N–H and O–H groups in total. The number of carboxylic acid groups (broad SMARTS) is 1. The Balaban J connectivity index is 5.26. The lowest BCUT2D eigenvalue weighted by molar-refractivity contribution is -0.143. The second kappa shape index (κ2) is 15.0. The molecular formula is C19H37N7O7. The summed E-state index contributed by atoms with van der Waals surface area (Å²) in [6, 6.07) is -5.15. The molecule has 14 heteroatoms. The number of carbonyl (C=O) groups is 4. The standard InChI is InChI=1S/C19H37N7O7/c1-4-9(2)13(16(30)24-12(8-27)18(32)33)25-17(31)14(10(3)28)26-15(29)11(20)6-5-7-23-19(21)22/h9-14,27-28H,4-8,20H2,1-3H3,(H,24,30)(H,25,31)(H,26,29)(H,32,33)(H4,21,22,23). The van der Waals surface area contributed by atoms with Crippen LogP contribution in [0.2, 0.25) is 0 Å². The number of aliphatic carboxylic acids is 1. The predicted octanol–water partition coefficient (Wildman–Crippen LogP) is -3.67. The number of carboxylic acids is 1. The molecule has 0 aliphatic rings. The van der Waals surface area contributed by atoms with Crippen LogP contribution < -0.4 is 33.2 Å². The highest BCUT2D eigenvalue weighted by atomic mass is 16.4. The summed E-state index contributed by atoms with van der Waals surface area (Å²) in [5.41, 5.74) is 16.3. The zero-order valence-corrected chi connectivity index (χ0v) is 19.2. The van der Waals surface area contributed by atoms with Crippen molar-refractivity contribution in [2.45, 2.75) is 70.3 Å². The highest BCUT2D eigenvalue weighted by Crippen LogP contribution is 2.10. The van der Waals surface area contributed by atoms with E-state index >= 15 is 0 Å². The van der Waals surface area contributed by atoms with Crippen LogP contribution in [-0.2, 0) is 19.2 Å². The molecule has 0 rings (SSSR count). The average molecular weight is 476 g/mol. The number of aliphatic hydroxyl groups is 2. The number of hydrogen-bond donors (Lipinski definition) is 9. The number of nitrogens with one attached hydrogen (secondary N) is 3. The minimum absolute atomic E-state index is 0.0903. The first-order valence-corrected chi connectivity index (χ1v) is 10.6. The molecule has 0 aromatic carbocycles. The maximum absolute atomic E-state index is 12.8. The van der Waals surface area contributed by atoms with E-state index in [9.17, 15) is 24.3 Å². The molecule has 0 heterocycles. The molecule has 3 amide bonds. The molecular weight excluding hydrogens is 438 g/mol. The molecule has 0 aliphatic carbocycles. The lowest BCUT2D eigenvalue weighted by Gasteiger charge is -2.28. The summed E-state index contributed by atoms with van der Waals surface area (Å²) in [6.45, 7) is 4.12. The highest BCUT2D eigenvalue weighted by molar-refractivity contribution is 5.94. The fraction of sp³-hybridized carbons (Fsp3) is 0.737. The van der Waals surface area contributed by atoms with Gasteiger partial charge in [0.15, 0.2) is 5.96 Å². The van der Waals surface area contributed by atoms with Gasteiger partial charge in [0.1, 0.15) is 18.1 Å². The van der Waals surface area contributed by atoms with Crippen LogP contribution in [0.4, 0.5) is 0 Å². The molecule has 0 aliphatic heterocycles. The van der Waals surface area contributed by atoms with Crippen molar-refractivity contribution >= 4 is 29.7 Å². The number of carbonyl (C=O) groups excluding carboxylic acids is 3. The Morgan fingerprint density at radius 3 is 1.97 bits per heavy atom. The average Bonchev–Trinajstić information content (AvgIpc) is 2.74. The van der Waals surface area contributed by atoms with Crippen LogP contribution in [0.25, 0.3) is 0 Å². The number of hydrogen-bond acceptors (Lipinski definition) is 8. The maximum Gasteiger partial charge on any atom is 0.328 e. The number of amides is 3. The topological polar surface area (TPSA) is 255 Å². The molecule has 6 unspecified atom stereocenters. The Morgan fingerprint density at radius 1 is 0.970 bits per heavy atom. The van der Waals surface area contributed by atoms with Gasteiger partial charge in [0.2, 0.25) is 17.7 Å². The molecule has 0 aromatic heterocycles. The van der Waals surface area contributed by atoms with Gasteiger partial charge in [0.05, 0.1) is 18.8 Å². The lowest BCUT2D eigenvalue weighted by atomic mass is 9.97. The van der Waals surface area contributed by atoms with Gasteiger partial charge in [-0.2, -0.15) is 0 Å². The van der Waals surface area contributed by atoms with Crippen molar-refractivity contribution < 1.29 is 34.5 Å². The number of nitrogens with two attached hydrogens (primary N) is 3. The van der Waals surface area contributed by atoms with Crippen molar-refractivity contribution in [3.63, 3.8) is 0 Å². The van der Waals surface area contributed by atoms with Gasteiger partial charge >= 0.3 is 5.97 Å². The van der Waals surface area contributed by atoms with Crippen molar-refractivity contribution in [2.24, 2.45) is 28.1 Å². The monoisotopic (exact) mass is 475 g/mol. The van der Waals surface area contributed by atoms with Crippen LogP contribution in [0.3, 0.4) is 0 Å². The third kappa shape index (κ3) is 10.9. The molecule has 0 saturated carbocycles. The van der Waals surface area contributed by atoms with Crippen molar-refractivity contribution in [2.75, 3.05) is 13.2 Å². The minimum atomic E-state index is -1.55. The van der Waals surface area contributed by atoms with Crippen LogP contribution >= 0.6 is 0 Å². The quantitative estimate of drug-likeness (QED) is 0.0636. The molecule has 0 bridgehead atoms.